The number of carbonyl (C=O) groups is 3. The lowest BCUT2D eigenvalue weighted by Gasteiger charge is -2.35. The molecule has 0 bridgehead atoms. The van der Waals surface area contributed by atoms with Crippen molar-refractivity contribution in [2.45, 2.75) is 46.2 Å². The van der Waals surface area contributed by atoms with Crippen LogP contribution in [-0.2, 0) is 32.1 Å². The van der Waals surface area contributed by atoms with E-state index in [0.717, 1.165) is 10.4 Å². The lowest BCUT2D eigenvalue weighted by molar-refractivity contribution is -0.159. The molecule has 6 heteroatoms. The summed E-state index contributed by atoms with van der Waals surface area (Å²) in [4.78, 5) is 39.5. The van der Waals surface area contributed by atoms with Gasteiger partial charge in [-0.25, -0.2) is 4.79 Å². The number of hydrogen-bond donors (Lipinski definition) is 0. The van der Waals surface area contributed by atoms with Crippen molar-refractivity contribution in [2.75, 3.05) is 7.11 Å². The summed E-state index contributed by atoms with van der Waals surface area (Å²) in [6.45, 7) is 5.66. The molecule has 22 heavy (non-hydrogen) atoms. The van der Waals surface area contributed by atoms with Crippen molar-refractivity contribution < 1.29 is 19.1 Å². The molecule has 120 valence electrons. The molecule has 2 heterocycles. The lowest BCUT2D eigenvalue weighted by atomic mass is 9.84. The van der Waals surface area contributed by atoms with Gasteiger partial charge in [-0.2, -0.15) is 0 Å². The maximum atomic E-state index is 12.6. The maximum absolute atomic E-state index is 12.6. The zero-order valence-electron chi connectivity index (χ0n) is 13.3. The summed E-state index contributed by atoms with van der Waals surface area (Å²) in [5.41, 5.74) is 0.319. The molecule has 0 saturated heterocycles. The SMILES string of the molecule is CCC(C)(C)C(=O)C(=O)N1Cc2sccc2CC1C(=O)OC. The van der Waals surface area contributed by atoms with Gasteiger partial charge in [-0.15, -0.1) is 11.3 Å². The molecule has 0 aliphatic carbocycles. The van der Waals surface area contributed by atoms with E-state index < -0.39 is 29.1 Å². The second kappa shape index (κ2) is 6.20. The quantitative estimate of drug-likeness (QED) is 0.629. The lowest BCUT2D eigenvalue weighted by Crippen LogP contribution is -2.53. The van der Waals surface area contributed by atoms with Crippen LogP contribution in [0.1, 0.15) is 37.6 Å². The minimum Gasteiger partial charge on any atom is -0.467 e. The highest BCUT2D eigenvalue weighted by Gasteiger charge is 2.41. The van der Waals surface area contributed by atoms with Gasteiger partial charge < -0.3 is 9.64 Å². The van der Waals surface area contributed by atoms with Crippen LogP contribution in [0.4, 0.5) is 0 Å². The number of hydrogen-bond acceptors (Lipinski definition) is 5. The van der Waals surface area contributed by atoms with E-state index in [2.05, 4.69) is 0 Å². The van der Waals surface area contributed by atoms with Crippen molar-refractivity contribution in [3.63, 3.8) is 0 Å². The molecule has 0 saturated carbocycles. The minimum atomic E-state index is -0.729. The number of fused-ring (bicyclic) bond motifs is 1. The monoisotopic (exact) mass is 323 g/mol. The smallest absolute Gasteiger partial charge is 0.328 e. The molecule has 0 fully saturated rings. The van der Waals surface area contributed by atoms with Crippen LogP contribution in [0.25, 0.3) is 0 Å². The van der Waals surface area contributed by atoms with Crippen molar-refractivity contribution in [1.29, 1.82) is 0 Å². The van der Waals surface area contributed by atoms with Gasteiger partial charge in [0.2, 0.25) is 5.78 Å². The van der Waals surface area contributed by atoms with Crippen LogP contribution >= 0.6 is 11.3 Å². The van der Waals surface area contributed by atoms with Crippen molar-refractivity contribution in [3.8, 4) is 0 Å². The second-order valence-electron chi connectivity index (χ2n) is 6.11. The highest BCUT2D eigenvalue weighted by Crippen LogP contribution is 2.30. The zero-order chi connectivity index (χ0) is 16.5. The standard InChI is InChI=1S/C16H21NO4S/c1-5-16(2,3)13(18)14(19)17-9-12-10(6-7-22-12)8-11(17)15(20)21-4/h6-7,11H,5,8-9H2,1-4H3. The number of rotatable bonds is 4. The van der Waals surface area contributed by atoms with Gasteiger partial charge in [0.15, 0.2) is 0 Å². The topological polar surface area (TPSA) is 63.7 Å². The third-order valence-corrected chi connectivity index (χ3v) is 5.32. The van der Waals surface area contributed by atoms with E-state index in [1.54, 1.807) is 13.8 Å². The van der Waals surface area contributed by atoms with Crippen LogP contribution in [-0.4, -0.2) is 35.7 Å². The largest absolute Gasteiger partial charge is 0.467 e. The predicted octanol–water partition coefficient (Wildman–Crippen LogP) is 2.18. The van der Waals surface area contributed by atoms with Crippen molar-refractivity contribution in [3.05, 3.63) is 21.9 Å². The molecule has 1 aliphatic rings. The Morgan fingerprint density at radius 2 is 2.09 bits per heavy atom. The fourth-order valence-corrected chi connectivity index (χ4v) is 3.32. The van der Waals surface area contributed by atoms with Crippen molar-refractivity contribution in [1.82, 2.24) is 4.90 Å². The Hall–Kier alpha value is -1.69. The summed E-state index contributed by atoms with van der Waals surface area (Å²) in [7, 11) is 1.30. The zero-order valence-corrected chi connectivity index (χ0v) is 14.2. The number of ketones is 1. The Labute approximate surface area is 134 Å². The Bertz CT molecular complexity index is 605. The third-order valence-electron chi connectivity index (χ3n) is 4.37. The Morgan fingerprint density at radius 3 is 2.68 bits per heavy atom. The number of esters is 1. The predicted molar refractivity (Wildman–Crippen MR) is 83.5 cm³/mol. The Morgan fingerprint density at radius 1 is 1.41 bits per heavy atom. The van der Waals surface area contributed by atoms with Crippen LogP contribution in [0, 0.1) is 5.41 Å². The number of amides is 1. The molecule has 1 aromatic rings. The Balaban J connectivity index is 2.32. The number of nitrogens with zero attached hydrogens (tertiary/aromatic N) is 1. The van der Waals surface area contributed by atoms with Crippen LogP contribution in [0.15, 0.2) is 11.4 Å². The molecular weight excluding hydrogens is 302 g/mol. The van der Waals surface area contributed by atoms with E-state index in [9.17, 15) is 14.4 Å². The first-order valence-corrected chi connectivity index (χ1v) is 8.18. The number of methoxy groups -OCH3 is 1. The summed E-state index contributed by atoms with van der Waals surface area (Å²) >= 11 is 1.54. The van der Waals surface area contributed by atoms with Gasteiger partial charge in [0.1, 0.15) is 6.04 Å². The molecule has 0 spiro atoms. The molecule has 0 aromatic carbocycles. The minimum absolute atomic E-state index is 0.289. The fourth-order valence-electron chi connectivity index (χ4n) is 2.41. The summed E-state index contributed by atoms with van der Waals surface area (Å²) in [6.07, 6.45) is 0.968. The summed E-state index contributed by atoms with van der Waals surface area (Å²) in [6, 6.07) is 1.23. The molecule has 1 aliphatic heterocycles. The number of ether oxygens (including phenoxy) is 1. The van der Waals surface area contributed by atoms with E-state index >= 15 is 0 Å². The van der Waals surface area contributed by atoms with Gasteiger partial charge >= 0.3 is 5.97 Å². The molecule has 1 atom stereocenters. The molecule has 1 aromatic heterocycles. The first kappa shape index (κ1) is 16.7. The second-order valence-corrected chi connectivity index (χ2v) is 7.11. The normalized spacial score (nSPS) is 17.8. The fraction of sp³-hybridized carbons (Fsp3) is 0.562. The summed E-state index contributed by atoms with van der Waals surface area (Å²) < 4.78 is 4.81. The molecule has 1 amide bonds. The van der Waals surface area contributed by atoms with E-state index in [4.69, 9.17) is 4.74 Å². The summed E-state index contributed by atoms with van der Waals surface area (Å²) in [5.74, 6) is -1.53. The van der Waals surface area contributed by atoms with Gasteiger partial charge in [0.25, 0.3) is 5.91 Å². The van der Waals surface area contributed by atoms with Gasteiger partial charge in [0.05, 0.1) is 13.7 Å². The highest BCUT2D eigenvalue weighted by molar-refractivity contribution is 7.10. The van der Waals surface area contributed by atoms with Gasteiger partial charge in [0, 0.05) is 16.7 Å². The van der Waals surface area contributed by atoms with Gasteiger partial charge in [-0.3, -0.25) is 9.59 Å². The van der Waals surface area contributed by atoms with Gasteiger partial charge in [-0.1, -0.05) is 20.8 Å². The van der Waals surface area contributed by atoms with Gasteiger partial charge in [-0.05, 0) is 23.4 Å². The third kappa shape index (κ3) is 2.92. The van der Waals surface area contributed by atoms with E-state index in [1.165, 1.54) is 23.3 Å². The average Bonchev–Trinajstić information content (AvgIpc) is 2.98. The maximum Gasteiger partial charge on any atom is 0.328 e. The van der Waals surface area contributed by atoms with Crippen LogP contribution < -0.4 is 0 Å². The first-order chi connectivity index (χ1) is 10.3. The molecule has 0 N–H and O–H groups in total. The number of carbonyl (C=O) groups excluding carboxylic acids is 3. The first-order valence-electron chi connectivity index (χ1n) is 7.30. The molecule has 2 rings (SSSR count). The molecular formula is C16H21NO4S. The van der Waals surface area contributed by atoms with Crippen molar-refractivity contribution in [2.24, 2.45) is 5.41 Å². The van der Waals surface area contributed by atoms with Crippen molar-refractivity contribution >= 4 is 29.0 Å². The Kier molecular flexibility index (Phi) is 4.70. The molecule has 0 radical (unpaired) electrons. The molecule has 1 unspecified atom stereocenters. The molecule has 5 nitrogen and oxygen atoms in total. The number of thiophene rings is 1. The number of Topliss-reactive ketones (excluding diaryl/α,β-unsaturated/α-hetero) is 1. The van der Waals surface area contributed by atoms with E-state index in [-0.39, 0.29) is 6.54 Å². The van der Waals surface area contributed by atoms with Crippen LogP contribution in [0.2, 0.25) is 0 Å². The van der Waals surface area contributed by atoms with Crippen LogP contribution in [0.3, 0.4) is 0 Å². The van der Waals surface area contributed by atoms with Crippen LogP contribution in [0.5, 0.6) is 0 Å². The van der Waals surface area contributed by atoms with E-state index in [0.29, 0.717) is 12.8 Å². The van der Waals surface area contributed by atoms with E-state index in [1.807, 2.05) is 18.4 Å². The highest BCUT2D eigenvalue weighted by atomic mass is 32.1. The summed E-state index contributed by atoms with van der Waals surface area (Å²) in [5, 5.41) is 1.94. The average molecular weight is 323 g/mol.